The van der Waals surface area contributed by atoms with Crippen LogP contribution in [0.5, 0.6) is 0 Å². The number of rotatable bonds is 5. The second-order valence-electron chi connectivity index (χ2n) is 5.53. The van der Waals surface area contributed by atoms with E-state index in [0.717, 1.165) is 44.5 Å². The third kappa shape index (κ3) is 3.76. The second-order valence-corrected chi connectivity index (χ2v) is 5.53. The minimum atomic E-state index is 0.602. The molecular weight excluding hydrogens is 238 g/mol. The fraction of sp³-hybridized carbons (Fsp3) is 0.857. The molecule has 0 saturated carbocycles. The Balaban J connectivity index is 1.98. The lowest BCUT2D eigenvalue weighted by atomic mass is 9.99. The summed E-state index contributed by atoms with van der Waals surface area (Å²) in [5, 5.41) is 7.94. The van der Waals surface area contributed by atoms with E-state index in [1.165, 1.54) is 12.8 Å². The molecule has 1 aliphatic rings. The Morgan fingerprint density at radius 3 is 3.05 bits per heavy atom. The number of hydrogen-bond donors (Lipinski definition) is 1. The Labute approximate surface area is 116 Å². The number of nitrogens with one attached hydrogen (secondary N) is 1. The molecule has 5 heteroatoms. The molecule has 0 amide bonds. The Morgan fingerprint density at radius 1 is 1.47 bits per heavy atom. The van der Waals surface area contributed by atoms with Gasteiger partial charge in [-0.15, -0.1) is 0 Å². The van der Waals surface area contributed by atoms with Crippen molar-refractivity contribution in [1.29, 1.82) is 0 Å². The molecule has 0 bridgehead atoms. The quantitative estimate of drug-likeness (QED) is 0.876. The van der Waals surface area contributed by atoms with Gasteiger partial charge in [-0.1, -0.05) is 20.3 Å². The fourth-order valence-corrected chi connectivity index (χ4v) is 2.71. The Kier molecular flexibility index (Phi) is 5.34. The topological polar surface area (TPSA) is 46.0 Å². The highest BCUT2D eigenvalue weighted by atomic mass is 15.3. The van der Waals surface area contributed by atoms with Crippen molar-refractivity contribution < 1.29 is 0 Å². The van der Waals surface area contributed by atoms with E-state index in [-0.39, 0.29) is 0 Å². The summed E-state index contributed by atoms with van der Waals surface area (Å²) in [7, 11) is 0. The summed E-state index contributed by atoms with van der Waals surface area (Å²) < 4.78 is 2.00. The van der Waals surface area contributed by atoms with Crippen LogP contribution in [-0.2, 0) is 13.1 Å². The van der Waals surface area contributed by atoms with E-state index >= 15 is 0 Å². The third-order valence-corrected chi connectivity index (χ3v) is 4.20. The van der Waals surface area contributed by atoms with Crippen LogP contribution >= 0.6 is 0 Å². The van der Waals surface area contributed by atoms with Gasteiger partial charge in [0.15, 0.2) is 0 Å². The Morgan fingerprint density at radius 2 is 2.32 bits per heavy atom. The van der Waals surface area contributed by atoms with Crippen LogP contribution in [-0.4, -0.2) is 45.3 Å². The SMILES string of the molecule is CCC(C)C1CN(Cc2ncnn2CC)CCCN1. The van der Waals surface area contributed by atoms with Gasteiger partial charge in [-0.05, 0) is 32.4 Å². The maximum Gasteiger partial charge on any atom is 0.140 e. The third-order valence-electron chi connectivity index (χ3n) is 4.20. The molecule has 1 aromatic rings. The van der Waals surface area contributed by atoms with Crippen molar-refractivity contribution in [1.82, 2.24) is 25.0 Å². The van der Waals surface area contributed by atoms with Crippen LogP contribution in [0, 0.1) is 5.92 Å². The van der Waals surface area contributed by atoms with Gasteiger partial charge in [0.2, 0.25) is 0 Å². The summed E-state index contributed by atoms with van der Waals surface area (Å²) in [6.07, 6.45) is 4.12. The van der Waals surface area contributed by atoms with Gasteiger partial charge in [0.05, 0.1) is 6.54 Å². The first-order chi connectivity index (χ1) is 9.24. The molecule has 2 atom stereocenters. The lowest BCUT2D eigenvalue weighted by molar-refractivity contribution is 0.223. The van der Waals surface area contributed by atoms with Crippen LogP contribution in [0.25, 0.3) is 0 Å². The number of aromatic nitrogens is 3. The van der Waals surface area contributed by atoms with Gasteiger partial charge in [-0.2, -0.15) is 5.10 Å². The van der Waals surface area contributed by atoms with Crippen molar-refractivity contribution in [3.8, 4) is 0 Å². The van der Waals surface area contributed by atoms with Crippen LogP contribution in [0.3, 0.4) is 0 Å². The number of hydrogen-bond acceptors (Lipinski definition) is 4. The first-order valence-electron chi connectivity index (χ1n) is 7.57. The van der Waals surface area contributed by atoms with Crippen LogP contribution in [0.1, 0.15) is 39.4 Å². The normalized spacial score (nSPS) is 23.2. The van der Waals surface area contributed by atoms with E-state index in [4.69, 9.17) is 0 Å². The average Bonchev–Trinajstić information content (AvgIpc) is 2.74. The fourth-order valence-electron chi connectivity index (χ4n) is 2.71. The molecule has 5 nitrogen and oxygen atoms in total. The summed E-state index contributed by atoms with van der Waals surface area (Å²) in [6.45, 7) is 11.9. The van der Waals surface area contributed by atoms with E-state index in [2.05, 4.69) is 41.1 Å². The minimum absolute atomic E-state index is 0.602. The molecular formula is C14H27N5. The maximum absolute atomic E-state index is 4.39. The summed E-state index contributed by atoms with van der Waals surface area (Å²) in [4.78, 5) is 6.91. The maximum atomic E-state index is 4.39. The molecule has 19 heavy (non-hydrogen) atoms. The van der Waals surface area contributed by atoms with Gasteiger partial charge in [-0.3, -0.25) is 4.90 Å². The van der Waals surface area contributed by atoms with Crippen LogP contribution in [0.2, 0.25) is 0 Å². The molecule has 0 aliphatic carbocycles. The predicted octanol–water partition coefficient (Wildman–Crippen LogP) is 1.51. The number of aryl methyl sites for hydroxylation is 1. The van der Waals surface area contributed by atoms with Crippen molar-refractivity contribution in [3.63, 3.8) is 0 Å². The van der Waals surface area contributed by atoms with Crippen molar-refractivity contribution in [3.05, 3.63) is 12.2 Å². The highest BCUT2D eigenvalue weighted by Crippen LogP contribution is 2.14. The Hall–Kier alpha value is -0.940. The van der Waals surface area contributed by atoms with Gasteiger partial charge in [0, 0.05) is 19.1 Å². The van der Waals surface area contributed by atoms with Crippen molar-refractivity contribution in [2.45, 2.75) is 52.7 Å². The summed E-state index contributed by atoms with van der Waals surface area (Å²) in [5.41, 5.74) is 0. The first kappa shape index (κ1) is 14.5. The van der Waals surface area contributed by atoms with Crippen LogP contribution in [0.4, 0.5) is 0 Å². The summed E-state index contributed by atoms with van der Waals surface area (Å²) in [5.74, 6) is 1.82. The van der Waals surface area contributed by atoms with Crippen molar-refractivity contribution >= 4 is 0 Å². The molecule has 1 fully saturated rings. The largest absolute Gasteiger partial charge is 0.312 e. The van der Waals surface area contributed by atoms with E-state index in [9.17, 15) is 0 Å². The minimum Gasteiger partial charge on any atom is -0.312 e. The van der Waals surface area contributed by atoms with Crippen molar-refractivity contribution in [2.24, 2.45) is 5.92 Å². The van der Waals surface area contributed by atoms with E-state index < -0.39 is 0 Å². The molecule has 1 aromatic heterocycles. The van der Waals surface area contributed by atoms with E-state index in [0.29, 0.717) is 6.04 Å². The van der Waals surface area contributed by atoms with Gasteiger partial charge in [0.1, 0.15) is 12.2 Å². The first-order valence-corrected chi connectivity index (χ1v) is 7.57. The number of nitrogens with zero attached hydrogens (tertiary/aromatic N) is 4. The molecule has 1 N–H and O–H groups in total. The molecule has 0 radical (unpaired) electrons. The van der Waals surface area contributed by atoms with Crippen LogP contribution in [0.15, 0.2) is 6.33 Å². The highest BCUT2D eigenvalue weighted by Gasteiger charge is 2.22. The van der Waals surface area contributed by atoms with Gasteiger partial charge in [0.25, 0.3) is 0 Å². The highest BCUT2D eigenvalue weighted by molar-refractivity contribution is 4.87. The molecule has 1 saturated heterocycles. The van der Waals surface area contributed by atoms with Crippen LogP contribution < -0.4 is 5.32 Å². The molecule has 1 aliphatic heterocycles. The molecule has 0 aromatic carbocycles. The molecule has 2 unspecified atom stereocenters. The zero-order chi connectivity index (χ0) is 13.7. The zero-order valence-corrected chi connectivity index (χ0v) is 12.5. The molecule has 2 heterocycles. The molecule has 2 rings (SSSR count). The average molecular weight is 265 g/mol. The predicted molar refractivity (Wildman–Crippen MR) is 76.8 cm³/mol. The zero-order valence-electron chi connectivity index (χ0n) is 12.5. The monoisotopic (exact) mass is 265 g/mol. The van der Waals surface area contributed by atoms with Crippen molar-refractivity contribution in [2.75, 3.05) is 19.6 Å². The Bertz CT molecular complexity index is 376. The second kappa shape index (κ2) is 7.01. The molecule has 0 spiro atoms. The van der Waals surface area contributed by atoms with E-state index in [1.54, 1.807) is 6.33 Å². The van der Waals surface area contributed by atoms with Gasteiger partial charge in [-0.25, -0.2) is 9.67 Å². The summed E-state index contributed by atoms with van der Waals surface area (Å²) >= 11 is 0. The smallest absolute Gasteiger partial charge is 0.140 e. The standard InChI is InChI=1S/C14H27N5/c1-4-12(3)13-9-18(8-6-7-15-13)10-14-16-11-17-19(14)5-2/h11-13,15H,4-10H2,1-3H3. The van der Waals surface area contributed by atoms with Gasteiger partial charge >= 0.3 is 0 Å². The lowest BCUT2D eigenvalue weighted by Crippen LogP contribution is -2.42. The lowest BCUT2D eigenvalue weighted by Gasteiger charge is -2.27. The van der Waals surface area contributed by atoms with Gasteiger partial charge < -0.3 is 5.32 Å². The van der Waals surface area contributed by atoms with E-state index in [1.807, 2.05) is 4.68 Å². The molecule has 108 valence electrons. The summed E-state index contributed by atoms with van der Waals surface area (Å²) in [6, 6.07) is 0.602.